The van der Waals surface area contributed by atoms with E-state index in [0.29, 0.717) is 39.5 Å². The highest BCUT2D eigenvalue weighted by Crippen LogP contribution is 2.35. The van der Waals surface area contributed by atoms with E-state index in [1.54, 1.807) is 4.90 Å². The summed E-state index contributed by atoms with van der Waals surface area (Å²) in [6.45, 7) is 8.02. The number of nitrogens with zero attached hydrogens (tertiary/aromatic N) is 1. The molecule has 2 N–H and O–H groups in total. The van der Waals surface area contributed by atoms with E-state index in [1.807, 2.05) is 56.3 Å². The zero-order chi connectivity index (χ0) is 25.4. The summed E-state index contributed by atoms with van der Waals surface area (Å²) in [5, 5.41) is 0. The first-order valence-corrected chi connectivity index (χ1v) is 12.8. The average molecular weight is 499 g/mol. The Kier molecular flexibility index (Phi) is 9.07. The number of rotatable bonds is 13. The van der Waals surface area contributed by atoms with Gasteiger partial charge in [0.2, 0.25) is 5.79 Å². The van der Waals surface area contributed by atoms with E-state index in [-0.39, 0.29) is 12.2 Å². The summed E-state index contributed by atoms with van der Waals surface area (Å²) >= 11 is 0. The molecule has 196 valence electrons. The summed E-state index contributed by atoms with van der Waals surface area (Å²) in [6.07, 6.45) is 3.57. The first-order valence-electron chi connectivity index (χ1n) is 12.8. The third kappa shape index (κ3) is 7.59. The van der Waals surface area contributed by atoms with Gasteiger partial charge in [0.1, 0.15) is 11.9 Å². The lowest BCUT2D eigenvalue weighted by atomic mass is 10.0. The summed E-state index contributed by atoms with van der Waals surface area (Å²) in [5.41, 5.74) is 9.50. The Morgan fingerprint density at radius 3 is 2.61 bits per heavy atom. The number of cyclic esters (lactones) is 1. The first kappa shape index (κ1) is 26.3. The Bertz CT molecular complexity index is 994. The second kappa shape index (κ2) is 12.4. The second-order valence-electron chi connectivity index (χ2n) is 9.80. The van der Waals surface area contributed by atoms with Crippen LogP contribution in [0.3, 0.4) is 0 Å². The molecule has 36 heavy (non-hydrogen) atoms. The number of carbonyl (C=O) groups excluding carboxylic acids is 1. The van der Waals surface area contributed by atoms with Crippen molar-refractivity contribution in [3.63, 3.8) is 0 Å². The van der Waals surface area contributed by atoms with Crippen LogP contribution in [0.2, 0.25) is 0 Å². The summed E-state index contributed by atoms with van der Waals surface area (Å²) < 4.78 is 28.5. The monoisotopic (exact) mass is 498 g/mol. The predicted octanol–water partition coefficient (Wildman–Crippen LogP) is 5.20. The van der Waals surface area contributed by atoms with Gasteiger partial charge in [0, 0.05) is 38.2 Å². The lowest BCUT2D eigenvalue weighted by Gasteiger charge is -2.32. The molecule has 0 radical (unpaired) electrons. The zero-order valence-corrected chi connectivity index (χ0v) is 21.4. The largest absolute Gasteiger partial charge is 0.463 e. The number of anilines is 1. The molecule has 0 aliphatic carbocycles. The maximum atomic E-state index is 12.3. The van der Waals surface area contributed by atoms with Gasteiger partial charge in [-0.2, -0.15) is 0 Å². The number of unbranched alkanes of at least 4 members (excludes halogenated alkanes) is 3. The van der Waals surface area contributed by atoms with Crippen molar-refractivity contribution in [2.24, 2.45) is 0 Å². The summed E-state index contributed by atoms with van der Waals surface area (Å²) in [4.78, 5) is 14.1. The third-order valence-corrected chi connectivity index (χ3v) is 6.36. The van der Waals surface area contributed by atoms with Crippen LogP contribution in [-0.4, -0.2) is 49.7 Å². The summed E-state index contributed by atoms with van der Waals surface area (Å²) in [5.74, 6) is 0.204. The quantitative estimate of drug-likeness (QED) is 0.300. The number of nitrogens with two attached hydrogens (primary N) is 1. The maximum absolute atomic E-state index is 12.3. The predicted molar refractivity (Wildman–Crippen MR) is 137 cm³/mol. The van der Waals surface area contributed by atoms with Crippen LogP contribution in [0.25, 0.3) is 0 Å². The first-order chi connectivity index (χ1) is 17.4. The van der Waals surface area contributed by atoms with E-state index in [9.17, 15) is 4.79 Å². The van der Waals surface area contributed by atoms with Gasteiger partial charge in [-0.05, 0) is 48.2 Å². The highest BCUT2D eigenvalue weighted by atomic mass is 16.7. The molecule has 0 unspecified atom stereocenters. The van der Waals surface area contributed by atoms with Crippen LogP contribution in [0.5, 0.6) is 5.75 Å². The third-order valence-electron chi connectivity index (χ3n) is 6.36. The molecular weight excluding hydrogens is 460 g/mol. The van der Waals surface area contributed by atoms with Gasteiger partial charge in [-0.3, -0.25) is 0 Å². The van der Waals surface area contributed by atoms with Crippen molar-refractivity contribution >= 4 is 11.8 Å². The fraction of sp³-hybridized carbons (Fsp3) is 0.536. The Balaban J connectivity index is 1.04. The van der Waals surface area contributed by atoms with Gasteiger partial charge >= 0.3 is 6.09 Å². The highest BCUT2D eigenvalue weighted by molar-refractivity contribution is 5.70. The molecule has 0 saturated carbocycles. The number of hydrogen-bond donors (Lipinski definition) is 1. The van der Waals surface area contributed by atoms with Crippen LogP contribution in [0.1, 0.15) is 62.3 Å². The Labute approximate surface area is 213 Å². The Hall–Kier alpha value is -2.81. The lowest BCUT2D eigenvalue weighted by molar-refractivity contribution is -0.180. The Morgan fingerprint density at radius 1 is 1.00 bits per heavy atom. The highest BCUT2D eigenvalue weighted by Gasteiger charge is 2.33. The van der Waals surface area contributed by atoms with E-state index in [4.69, 9.17) is 29.4 Å². The van der Waals surface area contributed by atoms with Gasteiger partial charge in [-0.25, -0.2) is 4.79 Å². The maximum Gasteiger partial charge on any atom is 0.410 e. The lowest BCUT2D eigenvalue weighted by Crippen LogP contribution is -2.35. The van der Waals surface area contributed by atoms with Gasteiger partial charge in [0.25, 0.3) is 0 Å². The molecular formula is C28H38N2O6. The molecule has 1 atom stereocenters. The van der Waals surface area contributed by atoms with E-state index in [1.165, 1.54) is 0 Å². The van der Waals surface area contributed by atoms with Crippen molar-refractivity contribution < 1.29 is 28.5 Å². The van der Waals surface area contributed by atoms with Crippen LogP contribution in [0, 0.1) is 0 Å². The number of benzene rings is 2. The van der Waals surface area contributed by atoms with Crippen LogP contribution in [0.15, 0.2) is 42.5 Å². The second-order valence-corrected chi connectivity index (χ2v) is 9.80. The van der Waals surface area contributed by atoms with E-state index >= 15 is 0 Å². The summed E-state index contributed by atoms with van der Waals surface area (Å²) in [6, 6.07) is 13.6. The zero-order valence-electron chi connectivity index (χ0n) is 21.4. The standard InChI is InChI=1S/C28H38N2O6/c1-28(2)34-20-23-17-22(9-12-25(23)36-28)26-18-30(27(31)35-26)13-5-3-4-6-14-32-15-16-33-19-21-7-10-24(29)11-8-21/h7-12,17,26H,3-6,13-16,18-20,29H2,1-2H3/t26-/m0/s1. The molecule has 8 nitrogen and oxygen atoms in total. The SMILES string of the molecule is CC1(C)OCc2cc([C@@H]3CN(CCCCCCOCCOCc4ccc(N)cc4)C(=O)O3)ccc2O1. The van der Waals surface area contributed by atoms with E-state index < -0.39 is 5.79 Å². The number of hydrogen-bond acceptors (Lipinski definition) is 7. The molecule has 4 rings (SSSR count). The molecule has 2 heterocycles. The van der Waals surface area contributed by atoms with Crippen LogP contribution < -0.4 is 10.5 Å². The molecule has 0 bridgehead atoms. The van der Waals surface area contributed by atoms with E-state index in [2.05, 4.69) is 0 Å². The molecule has 1 fully saturated rings. The normalized spacial score (nSPS) is 18.6. The summed E-state index contributed by atoms with van der Waals surface area (Å²) in [7, 11) is 0. The van der Waals surface area contributed by atoms with Gasteiger partial charge < -0.3 is 34.3 Å². The molecule has 0 spiro atoms. The van der Waals surface area contributed by atoms with Gasteiger partial charge in [0.15, 0.2) is 0 Å². The minimum absolute atomic E-state index is 0.242. The van der Waals surface area contributed by atoms with Crippen molar-refractivity contribution in [2.75, 3.05) is 38.6 Å². The van der Waals surface area contributed by atoms with Gasteiger partial charge in [0.05, 0.1) is 33.0 Å². The van der Waals surface area contributed by atoms with Gasteiger partial charge in [-0.1, -0.05) is 31.0 Å². The minimum Gasteiger partial charge on any atom is -0.463 e. The molecule has 2 aromatic rings. The van der Waals surface area contributed by atoms with Crippen LogP contribution in [0.4, 0.5) is 10.5 Å². The van der Waals surface area contributed by atoms with Crippen molar-refractivity contribution in [2.45, 2.75) is 64.6 Å². The van der Waals surface area contributed by atoms with Crippen LogP contribution in [-0.2, 0) is 32.2 Å². The smallest absolute Gasteiger partial charge is 0.410 e. The number of carbonyl (C=O) groups is 1. The number of amides is 1. The molecule has 2 aliphatic heterocycles. The molecule has 2 aliphatic rings. The van der Waals surface area contributed by atoms with Crippen molar-refractivity contribution in [3.05, 3.63) is 59.2 Å². The van der Waals surface area contributed by atoms with Crippen molar-refractivity contribution in [3.8, 4) is 5.75 Å². The van der Waals surface area contributed by atoms with Crippen LogP contribution >= 0.6 is 0 Å². The fourth-order valence-electron chi connectivity index (χ4n) is 4.31. The number of nitrogen functional groups attached to an aromatic ring is 1. The molecule has 1 saturated heterocycles. The topological polar surface area (TPSA) is 92.5 Å². The fourth-order valence-corrected chi connectivity index (χ4v) is 4.31. The number of fused-ring (bicyclic) bond motifs is 1. The Morgan fingerprint density at radius 2 is 1.78 bits per heavy atom. The minimum atomic E-state index is -0.621. The van der Waals surface area contributed by atoms with Crippen molar-refractivity contribution in [1.82, 2.24) is 4.90 Å². The van der Waals surface area contributed by atoms with E-state index in [0.717, 1.165) is 60.4 Å². The molecule has 8 heteroatoms. The van der Waals surface area contributed by atoms with Gasteiger partial charge in [-0.15, -0.1) is 0 Å². The average Bonchev–Trinajstić information content (AvgIpc) is 3.23. The molecule has 0 aromatic heterocycles. The molecule has 2 aromatic carbocycles. The van der Waals surface area contributed by atoms with Crippen molar-refractivity contribution in [1.29, 1.82) is 0 Å². The molecule has 1 amide bonds. The number of ether oxygens (including phenoxy) is 5.